The molecular weight excluding hydrogens is 270 g/mol. The van der Waals surface area contributed by atoms with Crippen LogP contribution in [0.25, 0.3) is 11.0 Å². The van der Waals surface area contributed by atoms with Gasteiger partial charge < -0.3 is 14.9 Å². The monoisotopic (exact) mass is 287 g/mol. The molecule has 6 heteroatoms. The van der Waals surface area contributed by atoms with E-state index in [2.05, 4.69) is 16.9 Å². The van der Waals surface area contributed by atoms with Gasteiger partial charge in [0.2, 0.25) is 0 Å². The lowest BCUT2D eigenvalue weighted by Crippen LogP contribution is -2.38. The van der Waals surface area contributed by atoms with Gasteiger partial charge in [0.25, 0.3) is 5.91 Å². The van der Waals surface area contributed by atoms with Crippen LogP contribution in [-0.4, -0.2) is 33.9 Å². The molecular formula is C15H17N3O3. The van der Waals surface area contributed by atoms with Crippen molar-refractivity contribution in [2.24, 2.45) is 5.92 Å². The van der Waals surface area contributed by atoms with Gasteiger partial charge in [-0.15, -0.1) is 0 Å². The first-order valence-electron chi connectivity index (χ1n) is 7.10. The normalized spacial score (nSPS) is 16.3. The Bertz CT molecular complexity index is 798. The lowest BCUT2D eigenvalue weighted by atomic mass is 9.98. The third-order valence-corrected chi connectivity index (χ3v) is 4.04. The SMILES string of the molecule is CC1CCN(C(=O)c2ccc3[nH]c(=O)c(=O)[nH]c3c2)CC1. The summed E-state index contributed by atoms with van der Waals surface area (Å²) in [5.74, 6) is 0.628. The zero-order valence-electron chi connectivity index (χ0n) is 11.8. The topological polar surface area (TPSA) is 86.0 Å². The molecule has 2 aromatic rings. The van der Waals surface area contributed by atoms with Crippen molar-refractivity contribution in [2.75, 3.05) is 13.1 Å². The van der Waals surface area contributed by atoms with Gasteiger partial charge in [-0.05, 0) is 37.0 Å². The van der Waals surface area contributed by atoms with Crippen LogP contribution in [-0.2, 0) is 0 Å². The van der Waals surface area contributed by atoms with E-state index in [1.807, 2.05) is 4.90 Å². The van der Waals surface area contributed by atoms with Gasteiger partial charge >= 0.3 is 11.1 Å². The van der Waals surface area contributed by atoms with Crippen molar-refractivity contribution in [1.82, 2.24) is 14.9 Å². The van der Waals surface area contributed by atoms with E-state index in [1.165, 1.54) is 0 Å². The van der Waals surface area contributed by atoms with Gasteiger partial charge in [-0.1, -0.05) is 6.92 Å². The van der Waals surface area contributed by atoms with Crippen LogP contribution >= 0.6 is 0 Å². The lowest BCUT2D eigenvalue weighted by molar-refractivity contribution is 0.0697. The number of hydrogen-bond donors (Lipinski definition) is 2. The first-order chi connectivity index (χ1) is 10.0. The van der Waals surface area contributed by atoms with E-state index in [0.29, 0.717) is 22.5 Å². The number of nitrogens with zero attached hydrogens (tertiary/aromatic N) is 1. The van der Waals surface area contributed by atoms with E-state index < -0.39 is 11.1 Å². The van der Waals surface area contributed by atoms with Crippen molar-refractivity contribution in [2.45, 2.75) is 19.8 Å². The average Bonchev–Trinajstić information content (AvgIpc) is 2.48. The van der Waals surface area contributed by atoms with Crippen LogP contribution < -0.4 is 11.1 Å². The summed E-state index contributed by atoms with van der Waals surface area (Å²) < 4.78 is 0. The van der Waals surface area contributed by atoms with Crippen LogP contribution in [0.3, 0.4) is 0 Å². The third-order valence-electron chi connectivity index (χ3n) is 4.04. The molecule has 0 unspecified atom stereocenters. The summed E-state index contributed by atoms with van der Waals surface area (Å²) in [5, 5.41) is 0. The number of benzene rings is 1. The molecule has 3 rings (SSSR count). The molecule has 21 heavy (non-hydrogen) atoms. The predicted octanol–water partition coefficient (Wildman–Crippen LogP) is 1.09. The maximum Gasteiger partial charge on any atom is 0.314 e. The molecule has 1 fully saturated rings. The number of nitrogens with one attached hydrogen (secondary N) is 2. The number of piperidine rings is 1. The highest BCUT2D eigenvalue weighted by molar-refractivity contribution is 5.97. The fourth-order valence-corrected chi connectivity index (χ4v) is 2.64. The van der Waals surface area contributed by atoms with E-state index in [1.54, 1.807) is 18.2 Å². The summed E-state index contributed by atoms with van der Waals surface area (Å²) >= 11 is 0. The number of H-pyrrole nitrogens is 2. The van der Waals surface area contributed by atoms with Crippen LogP contribution in [0.1, 0.15) is 30.1 Å². The molecule has 1 amide bonds. The van der Waals surface area contributed by atoms with Crippen molar-refractivity contribution in [3.63, 3.8) is 0 Å². The largest absolute Gasteiger partial charge is 0.339 e. The smallest absolute Gasteiger partial charge is 0.314 e. The molecule has 0 bridgehead atoms. The van der Waals surface area contributed by atoms with E-state index in [9.17, 15) is 14.4 Å². The minimum Gasteiger partial charge on any atom is -0.339 e. The summed E-state index contributed by atoms with van der Waals surface area (Å²) in [6.07, 6.45) is 2.03. The quantitative estimate of drug-likeness (QED) is 0.770. The minimum absolute atomic E-state index is 0.0316. The molecule has 1 saturated heterocycles. The van der Waals surface area contributed by atoms with Gasteiger partial charge in [0.1, 0.15) is 0 Å². The highest BCUT2D eigenvalue weighted by atomic mass is 16.2. The molecule has 0 radical (unpaired) electrons. The van der Waals surface area contributed by atoms with Gasteiger partial charge in [-0.3, -0.25) is 14.4 Å². The Kier molecular flexibility index (Phi) is 3.37. The maximum absolute atomic E-state index is 12.5. The van der Waals surface area contributed by atoms with Gasteiger partial charge in [0.15, 0.2) is 0 Å². The van der Waals surface area contributed by atoms with Crippen LogP contribution in [0.2, 0.25) is 0 Å². The highest BCUT2D eigenvalue weighted by Crippen LogP contribution is 2.19. The number of likely N-dealkylation sites (tertiary alicyclic amines) is 1. The van der Waals surface area contributed by atoms with E-state index in [-0.39, 0.29) is 5.91 Å². The molecule has 6 nitrogen and oxygen atoms in total. The summed E-state index contributed by atoms with van der Waals surface area (Å²) in [7, 11) is 0. The Morgan fingerprint density at radius 1 is 1.10 bits per heavy atom. The van der Waals surface area contributed by atoms with Crippen LogP contribution in [0.5, 0.6) is 0 Å². The minimum atomic E-state index is -0.709. The van der Waals surface area contributed by atoms with Crippen molar-refractivity contribution in [1.29, 1.82) is 0 Å². The second-order valence-electron chi connectivity index (χ2n) is 5.64. The zero-order chi connectivity index (χ0) is 15.0. The molecule has 0 spiro atoms. The van der Waals surface area contributed by atoms with Gasteiger partial charge in [0, 0.05) is 18.7 Å². The van der Waals surface area contributed by atoms with Crippen LogP contribution in [0, 0.1) is 5.92 Å². The fraction of sp³-hybridized carbons (Fsp3) is 0.400. The van der Waals surface area contributed by atoms with Crippen molar-refractivity contribution >= 4 is 16.9 Å². The Morgan fingerprint density at radius 2 is 1.71 bits per heavy atom. The molecule has 2 heterocycles. The van der Waals surface area contributed by atoms with E-state index in [4.69, 9.17) is 0 Å². The molecule has 1 aromatic carbocycles. The predicted molar refractivity (Wildman–Crippen MR) is 79.5 cm³/mol. The van der Waals surface area contributed by atoms with Crippen molar-refractivity contribution in [3.8, 4) is 0 Å². The molecule has 1 aliphatic rings. The number of rotatable bonds is 1. The second kappa shape index (κ2) is 5.20. The molecule has 110 valence electrons. The standard InChI is InChI=1S/C15H17N3O3/c1-9-4-6-18(7-5-9)15(21)10-2-3-11-12(8-10)17-14(20)13(19)16-11/h2-3,8-9H,4-7H2,1H3,(H,16,19)(H,17,20). The number of carbonyl (C=O) groups excluding carboxylic acids is 1. The van der Waals surface area contributed by atoms with Crippen LogP contribution in [0.15, 0.2) is 27.8 Å². The first kappa shape index (κ1) is 13.6. The zero-order valence-corrected chi connectivity index (χ0v) is 11.8. The number of aromatic nitrogens is 2. The van der Waals surface area contributed by atoms with Gasteiger partial charge in [-0.2, -0.15) is 0 Å². The Hall–Kier alpha value is -2.37. The molecule has 2 N–H and O–H groups in total. The number of amides is 1. The molecule has 0 aliphatic carbocycles. The summed E-state index contributed by atoms with van der Waals surface area (Å²) in [4.78, 5) is 41.9. The fourth-order valence-electron chi connectivity index (χ4n) is 2.64. The highest BCUT2D eigenvalue weighted by Gasteiger charge is 2.21. The number of hydrogen-bond acceptors (Lipinski definition) is 3. The number of carbonyl (C=O) groups is 1. The summed E-state index contributed by atoms with van der Waals surface area (Å²) in [6, 6.07) is 4.94. The van der Waals surface area contributed by atoms with Crippen molar-refractivity contribution in [3.05, 3.63) is 44.5 Å². The third kappa shape index (κ3) is 2.61. The average molecular weight is 287 g/mol. The maximum atomic E-state index is 12.5. The summed E-state index contributed by atoms with van der Waals surface area (Å²) in [5.41, 5.74) is 0.115. The second-order valence-corrected chi connectivity index (χ2v) is 5.64. The molecule has 1 aromatic heterocycles. The van der Waals surface area contributed by atoms with Gasteiger partial charge in [-0.25, -0.2) is 0 Å². The number of aromatic amines is 2. The molecule has 1 aliphatic heterocycles. The Labute approximate surface area is 120 Å². The van der Waals surface area contributed by atoms with Crippen molar-refractivity contribution < 1.29 is 4.79 Å². The van der Waals surface area contributed by atoms with E-state index >= 15 is 0 Å². The van der Waals surface area contributed by atoms with E-state index in [0.717, 1.165) is 25.9 Å². The summed E-state index contributed by atoms with van der Waals surface area (Å²) in [6.45, 7) is 3.72. The number of fused-ring (bicyclic) bond motifs is 1. The Morgan fingerprint density at radius 3 is 2.38 bits per heavy atom. The lowest BCUT2D eigenvalue weighted by Gasteiger charge is -2.30. The Balaban J connectivity index is 1.93. The van der Waals surface area contributed by atoms with Crippen LogP contribution in [0.4, 0.5) is 0 Å². The molecule has 0 saturated carbocycles. The molecule has 0 atom stereocenters. The first-order valence-corrected chi connectivity index (χ1v) is 7.10. The van der Waals surface area contributed by atoms with Gasteiger partial charge in [0.05, 0.1) is 11.0 Å².